The predicted octanol–water partition coefficient (Wildman–Crippen LogP) is 3.04. The van der Waals surface area contributed by atoms with Gasteiger partial charge in [-0.15, -0.1) is 16.4 Å². The van der Waals surface area contributed by atoms with E-state index in [-0.39, 0.29) is 33.3 Å². The minimum atomic E-state index is -3.87. The summed E-state index contributed by atoms with van der Waals surface area (Å²) < 4.78 is 56.8. The van der Waals surface area contributed by atoms with Crippen molar-refractivity contribution in [3.05, 3.63) is 40.7 Å². The van der Waals surface area contributed by atoms with E-state index in [1.807, 2.05) is 0 Å². The second kappa shape index (κ2) is 9.14. The number of thiophene rings is 1. The molecule has 0 bridgehead atoms. The lowest BCUT2D eigenvalue weighted by Gasteiger charge is -2.21. The van der Waals surface area contributed by atoms with E-state index < -0.39 is 31.8 Å². The zero-order valence-electron chi connectivity index (χ0n) is 17.3. The van der Waals surface area contributed by atoms with Crippen LogP contribution in [0.5, 0.6) is 0 Å². The topological polar surface area (TPSA) is 140 Å². The molecule has 33 heavy (non-hydrogen) atoms. The largest absolute Gasteiger partial charge is 0.403 e. The number of amides is 1. The summed E-state index contributed by atoms with van der Waals surface area (Å²) in [7, 11) is -7.21. The van der Waals surface area contributed by atoms with Gasteiger partial charge >= 0.3 is 6.01 Å². The minimum absolute atomic E-state index is 0.0173. The third kappa shape index (κ3) is 4.82. The van der Waals surface area contributed by atoms with Gasteiger partial charge in [0.1, 0.15) is 10.3 Å². The number of carbonyl (C=O) groups excluding carboxylic acids is 1. The van der Waals surface area contributed by atoms with Crippen molar-refractivity contribution in [3.8, 4) is 11.5 Å². The van der Waals surface area contributed by atoms with Gasteiger partial charge in [0.25, 0.3) is 10.0 Å². The number of sulfone groups is 1. The Morgan fingerprint density at radius 1 is 1.18 bits per heavy atom. The zero-order chi connectivity index (χ0) is 23.8. The third-order valence-electron chi connectivity index (χ3n) is 5.11. The maximum atomic E-state index is 12.9. The highest BCUT2D eigenvalue weighted by atomic mass is 35.5. The van der Waals surface area contributed by atoms with Gasteiger partial charge < -0.3 is 4.42 Å². The van der Waals surface area contributed by atoms with Crippen LogP contribution in [0.3, 0.4) is 0 Å². The number of carbonyl (C=O) groups is 1. The number of halogens is 1. The molecule has 1 N–H and O–H groups in total. The summed E-state index contributed by atoms with van der Waals surface area (Å²) in [6.07, 6.45) is 0.872. The van der Waals surface area contributed by atoms with Gasteiger partial charge in [-0.25, -0.2) is 16.8 Å². The molecular weight excluding hydrogens is 512 g/mol. The highest BCUT2D eigenvalue weighted by Gasteiger charge is 2.40. The van der Waals surface area contributed by atoms with Gasteiger partial charge in [0, 0.05) is 12.1 Å². The molecule has 1 aliphatic heterocycles. The maximum Gasteiger partial charge on any atom is 0.322 e. The Bertz CT molecular complexity index is 1380. The second-order valence-electron chi connectivity index (χ2n) is 7.16. The van der Waals surface area contributed by atoms with Gasteiger partial charge in [0.15, 0.2) is 9.84 Å². The van der Waals surface area contributed by atoms with Crippen molar-refractivity contribution < 1.29 is 26.0 Å². The van der Waals surface area contributed by atoms with E-state index in [1.54, 1.807) is 6.92 Å². The van der Waals surface area contributed by atoms with Crippen LogP contribution in [0.2, 0.25) is 4.34 Å². The van der Waals surface area contributed by atoms with Crippen LogP contribution < -0.4 is 5.32 Å². The summed E-state index contributed by atoms with van der Waals surface area (Å²) in [6.45, 7) is 1.76. The molecule has 1 atom stereocenters. The van der Waals surface area contributed by atoms with Crippen molar-refractivity contribution >= 4 is 54.7 Å². The third-order valence-corrected chi connectivity index (χ3v) is 10.5. The standard InChI is InChI=1S/C19H19ClN4O6S3/c1-2-32(26,27)13-7-5-12(6-8-13)18-22-23-19(30-18)21-17(25)14-4-3-11-24(14)33(28,29)16-10-9-15(20)31-16/h5-10,14H,2-4,11H2,1H3,(H,21,23,25). The Morgan fingerprint density at radius 3 is 2.55 bits per heavy atom. The average Bonchev–Trinajstić information content (AvgIpc) is 3.54. The number of hydrogen-bond donors (Lipinski definition) is 1. The molecule has 10 nitrogen and oxygen atoms in total. The van der Waals surface area contributed by atoms with Gasteiger partial charge in [0.05, 0.1) is 15.0 Å². The number of sulfonamides is 1. The number of aromatic nitrogens is 2. The summed E-state index contributed by atoms with van der Waals surface area (Å²) in [6, 6.07) is 7.72. The Hall–Kier alpha value is -2.32. The van der Waals surface area contributed by atoms with E-state index in [1.165, 1.54) is 36.4 Å². The molecule has 14 heteroatoms. The molecular formula is C19H19ClN4O6S3. The first kappa shape index (κ1) is 23.8. The molecule has 3 heterocycles. The quantitative estimate of drug-likeness (QED) is 0.491. The van der Waals surface area contributed by atoms with Crippen LogP contribution in [0.25, 0.3) is 11.5 Å². The Labute approximate surface area is 199 Å². The van der Waals surface area contributed by atoms with Gasteiger partial charge in [0.2, 0.25) is 11.8 Å². The Kier molecular flexibility index (Phi) is 6.60. The summed E-state index contributed by atoms with van der Waals surface area (Å²) in [5.74, 6) is -0.524. The first-order valence-corrected chi connectivity index (χ1v) is 14.2. The first-order chi connectivity index (χ1) is 15.6. The van der Waals surface area contributed by atoms with Crippen molar-refractivity contribution in [1.29, 1.82) is 0 Å². The van der Waals surface area contributed by atoms with Gasteiger partial charge in [-0.2, -0.15) is 4.31 Å². The zero-order valence-corrected chi connectivity index (χ0v) is 20.5. The molecule has 2 aromatic heterocycles. The normalized spacial score (nSPS) is 17.3. The molecule has 4 rings (SSSR count). The summed E-state index contributed by atoms with van der Waals surface area (Å²) >= 11 is 6.80. The van der Waals surface area contributed by atoms with Crippen LogP contribution in [0.1, 0.15) is 19.8 Å². The first-order valence-electron chi connectivity index (χ1n) is 9.86. The molecule has 176 valence electrons. The predicted molar refractivity (Wildman–Crippen MR) is 122 cm³/mol. The smallest absolute Gasteiger partial charge is 0.322 e. The summed E-state index contributed by atoms with van der Waals surface area (Å²) in [4.78, 5) is 13.0. The van der Waals surface area contributed by atoms with E-state index in [0.717, 1.165) is 15.6 Å². The molecule has 0 spiro atoms. The monoisotopic (exact) mass is 530 g/mol. The van der Waals surface area contributed by atoms with Crippen LogP contribution >= 0.6 is 22.9 Å². The van der Waals surface area contributed by atoms with Crippen molar-refractivity contribution in [3.63, 3.8) is 0 Å². The number of hydrogen-bond acceptors (Lipinski definition) is 9. The lowest BCUT2D eigenvalue weighted by Crippen LogP contribution is -2.42. The van der Waals surface area contributed by atoms with Crippen LogP contribution in [0, 0.1) is 0 Å². The lowest BCUT2D eigenvalue weighted by atomic mass is 10.2. The average molecular weight is 531 g/mol. The molecule has 1 saturated heterocycles. The maximum absolute atomic E-state index is 12.9. The molecule has 1 aromatic carbocycles. The fourth-order valence-electron chi connectivity index (χ4n) is 3.39. The van der Waals surface area contributed by atoms with Crippen LogP contribution in [0.15, 0.2) is 49.9 Å². The molecule has 0 saturated carbocycles. The Balaban J connectivity index is 1.48. The van der Waals surface area contributed by atoms with E-state index in [4.69, 9.17) is 16.0 Å². The fourth-order valence-corrected chi connectivity index (χ4v) is 7.54. The molecule has 1 unspecified atom stereocenters. The molecule has 1 aliphatic rings. The van der Waals surface area contributed by atoms with Gasteiger partial charge in [-0.1, -0.05) is 23.6 Å². The van der Waals surface area contributed by atoms with Crippen LogP contribution in [-0.4, -0.2) is 55.6 Å². The Morgan fingerprint density at radius 2 is 1.91 bits per heavy atom. The number of anilines is 1. The molecule has 0 radical (unpaired) electrons. The number of nitrogens with one attached hydrogen (secondary N) is 1. The van der Waals surface area contributed by atoms with Crippen molar-refractivity contribution in [2.75, 3.05) is 17.6 Å². The van der Waals surface area contributed by atoms with Crippen LogP contribution in [0.4, 0.5) is 6.01 Å². The highest BCUT2D eigenvalue weighted by Crippen LogP contribution is 2.32. The molecule has 0 aliphatic carbocycles. The van der Waals surface area contributed by atoms with E-state index in [2.05, 4.69) is 15.5 Å². The van der Waals surface area contributed by atoms with E-state index >= 15 is 0 Å². The van der Waals surface area contributed by atoms with Gasteiger partial charge in [-0.05, 0) is 49.2 Å². The molecule has 1 fully saturated rings. The van der Waals surface area contributed by atoms with Crippen molar-refractivity contribution in [2.45, 2.75) is 34.9 Å². The van der Waals surface area contributed by atoms with Crippen molar-refractivity contribution in [1.82, 2.24) is 14.5 Å². The lowest BCUT2D eigenvalue weighted by molar-refractivity contribution is -0.119. The fraction of sp³-hybridized carbons (Fsp3) is 0.316. The highest BCUT2D eigenvalue weighted by molar-refractivity contribution is 7.91. The van der Waals surface area contributed by atoms with E-state index in [0.29, 0.717) is 22.7 Å². The number of rotatable bonds is 7. The number of benzene rings is 1. The SMILES string of the molecule is CCS(=O)(=O)c1ccc(-c2nnc(NC(=O)C3CCCN3S(=O)(=O)c3ccc(Cl)s3)o2)cc1. The second-order valence-corrected chi connectivity index (χ2v) is 13.3. The van der Waals surface area contributed by atoms with Crippen LogP contribution in [-0.2, 0) is 24.7 Å². The van der Waals surface area contributed by atoms with Crippen molar-refractivity contribution in [2.24, 2.45) is 0 Å². The minimum Gasteiger partial charge on any atom is -0.403 e. The molecule has 3 aromatic rings. The molecule has 1 amide bonds. The summed E-state index contributed by atoms with van der Waals surface area (Å²) in [5.41, 5.74) is 0.470. The summed E-state index contributed by atoms with van der Waals surface area (Å²) in [5, 5.41) is 10.1. The number of nitrogens with zero attached hydrogens (tertiary/aromatic N) is 3. The van der Waals surface area contributed by atoms with E-state index in [9.17, 15) is 21.6 Å². The van der Waals surface area contributed by atoms with Gasteiger partial charge in [-0.3, -0.25) is 10.1 Å².